The molecule has 0 radical (unpaired) electrons. The number of unbranched alkanes of at least 4 members (excludes halogenated alkanes) is 9. The summed E-state index contributed by atoms with van der Waals surface area (Å²) in [5.41, 5.74) is 13.6. The van der Waals surface area contributed by atoms with E-state index in [1.165, 1.54) is 38.5 Å². The van der Waals surface area contributed by atoms with Crippen LogP contribution in [0.5, 0.6) is 17.2 Å². The van der Waals surface area contributed by atoms with Crippen molar-refractivity contribution in [1.29, 1.82) is 0 Å². The zero-order valence-corrected chi connectivity index (χ0v) is 24.4. The average molecular weight is 543 g/mol. The summed E-state index contributed by atoms with van der Waals surface area (Å²) in [6.07, 6.45) is 13.3. The molecule has 2 aromatic carbocycles. The highest BCUT2D eigenvalue weighted by atomic mass is 16.5. The Labute approximate surface area is 235 Å². The Morgan fingerprint density at radius 3 is 1.54 bits per heavy atom. The van der Waals surface area contributed by atoms with Crippen molar-refractivity contribution in [2.75, 3.05) is 31.3 Å². The van der Waals surface area contributed by atoms with Crippen LogP contribution in [0, 0.1) is 0 Å². The summed E-state index contributed by atoms with van der Waals surface area (Å²) in [5.74, 6) is 1.41. The van der Waals surface area contributed by atoms with E-state index in [0.717, 1.165) is 44.1 Å². The van der Waals surface area contributed by atoms with Gasteiger partial charge in [0.15, 0.2) is 11.5 Å². The topological polar surface area (TPSA) is 106 Å². The van der Waals surface area contributed by atoms with Crippen molar-refractivity contribution in [1.82, 2.24) is 0 Å². The molecule has 0 aliphatic carbocycles. The Hall–Kier alpha value is -3.09. The van der Waals surface area contributed by atoms with E-state index in [2.05, 4.69) is 20.8 Å². The second-order valence-corrected chi connectivity index (χ2v) is 10.1. The largest absolute Gasteiger partial charge is 0.490 e. The molecule has 0 heterocycles. The monoisotopic (exact) mass is 542 g/mol. The highest BCUT2D eigenvalue weighted by Gasteiger charge is 2.18. The first-order valence-corrected chi connectivity index (χ1v) is 14.9. The van der Waals surface area contributed by atoms with E-state index in [4.69, 9.17) is 30.4 Å². The van der Waals surface area contributed by atoms with Crippen LogP contribution in [0.3, 0.4) is 0 Å². The first kappa shape index (κ1) is 32.1. The van der Waals surface area contributed by atoms with Gasteiger partial charge in [0.25, 0.3) is 0 Å². The first-order valence-electron chi connectivity index (χ1n) is 14.9. The minimum Gasteiger partial charge on any atom is -0.490 e. The maximum absolute atomic E-state index is 12.7. The molecule has 0 aromatic heterocycles. The molecule has 0 aliphatic heterocycles. The van der Waals surface area contributed by atoms with Crippen molar-refractivity contribution < 1.29 is 23.7 Å². The number of rotatable bonds is 21. The van der Waals surface area contributed by atoms with Gasteiger partial charge in [-0.2, -0.15) is 0 Å². The van der Waals surface area contributed by atoms with Gasteiger partial charge in [-0.25, -0.2) is 4.79 Å². The van der Waals surface area contributed by atoms with E-state index in [1.54, 1.807) is 18.2 Å². The van der Waals surface area contributed by atoms with Gasteiger partial charge >= 0.3 is 5.97 Å². The standard InChI is InChI=1S/C32H50N2O5/c1-4-7-10-13-16-36-29-19-25(24-39-32(35)26-21-27(33)23-28(34)22-26)20-30(37-17-14-11-8-5-2)31(29)38-18-15-12-9-6-3/h19-23H,4-18,24,33-34H2,1-3H3. The van der Waals surface area contributed by atoms with Gasteiger partial charge in [0, 0.05) is 11.4 Å². The second kappa shape index (κ2) is 19.0. The summed E-state index contributed by atoms with van der Waals surface area (Å²) >= 11 is 0. The molecule has 0 bridgehead atoms. The predicted octanol–water partition coefficient (Wildman–Crippen LogP) is 8.09. The second-order valence-electron chi connectivity index (χ2n) is 10.1. The smallest absolute Gasteiger partial charge is 0.338 e. The highest BCUT2D eigenvalue weighted by Crippen LogP contribution is 2.40. The van der Waals surface area contributed by atoms with Crippen molar-refractivity contribution in [2.24, 2.45) is 0 Å². The molecule has 0 atom stereocenters. The zero-order chi connectivity index (χ0) is 28.3. The average Bonchev–Trinajstić information content (AvgIpc) is 2.91. The molecule has 39 heavy (non-hydrogen) atoms. The van der Waals surface area contributed by atoms with Gasteiger partial charge in [-0.15, -0.1) is 0 Å². The molecule has 7 nitrogen and oxygen atoms in total. The normalized spacial score (nSPS) is 10.8. The number of nitrogens with two attached hydrogens (primary N) is 2. The lowest BCUT2D eigenvalue weighted by atomic mass is 10.1. The highest BCUT2D eigenvalue weighted by molar-refractivity contribution is 5.91. The van der Waals surface area contributed by atoms with Crippen LogP contribution in [0.2, 0.25) is 0 Å². The van der Waals surface area contributed by atoms with E-state index >= 15 is 0 Å². The molecule has 0 saturated heterocycles. The van der Waals surface area contributed by atoms with Crippen LogP contribution in [0.15, 0.2) is 30.3 Å². The van der Waals surface area contributed by atoms with Crippen molar-refractivity contribution in [3.05, 3.63) is 41.5 Å². The van der Waals surface area contributed by atoms with E-state index in [9.17, 15) is 4.79 Å². The van der Waals surface area contributed by atoms with Crippen molar-refractivity contribution in [2.45, 2.75) is 104 Å². The summed E-state index contributed by atoms with van der Waals surface area (Å²) in [5, 5.41) is 0. The minimum absolute atomic E-state index is 0.0582. The van der Waals surface area contributed by atoms with Gasteiger partial charge in [0.1, 0.15) is 6.61 Å². The Bertz CT molecular complexity index is 924. The van der Waals surface area contributed by atoms with E-state index in [1.807, 2.05) is 12.1 Å². The summed E-state index contributed by atoms with van der Waals surface area (Å²) in [6.45, 7) is 8.42. The summed E-state index contributed by atoms with van der Waals surface area (Å²) in [4.78, 5) is 12.7. The minimum atomic E-state index is -0.491. The number of hydrogen-bond acceptors (Lipinski definition) is 7. The van der Waals surface area contributed by atoms with Gasteiger partial charge < -0.3 is 30.4 Å². The van der Waals surface area contributed by atoms with Crippen LogP contribution >= 0.6 is 0 Å². The lowest BCUT2D eigenvalue weighted by Crippen LogP contribution is -2.09. The van der Waals surface area contributed by atoms with Crippen LogP contribution in [0.1, 0.15) is 114 Å². The third-order valence-electron chi connectivity index (χ3n) is 6.42. The molecule has 2 rings (SSSR count). The van der Waals surface area contributed by atoms with E-state index in [-0.39, 0.29) is 6.61 Å². The molecule has 0 spiro atoms. The van der Waals surface area contributed by atoms with Gasteiger partial charge in [0.2, 0.25) is 5.75 Å². The molecule has 7 heteroatoms. The van der Waals surface area contributed by atoms with Crippen LogP contribution in [0.4, 0.5) is 11.4 Å². The number of ether oxygens (including phenoxy) is 4. The molecule has 0 fully saturated rings. The number of benzene rings is 2. The lowest BCUT2D eigenvalue weighted by molar-refractivity contribution is 0.0472. The number of hydrogen-bond donors (Lipinski definition) is 2. The molecule has 0 amide bonds. The summed E-state index contributed by atoms with van der Waals surface area (Å²) in [7, 11) is 0. The fourth-order valence-corrected chi connectivity index (χ4v) is 4.22. The van der Waals surface area contributed by atoms with Crippen molar-refractivity contribution in [3.8, 4) is 17.2 Å². The third kappa shape index (κ3) is 12.5. The lowest BCUT2D eigenvalue weighted by Gasteiger charge is -2.19. The number of esters is 1. The fourth-order valence-electron chi connectivity index (χ4n) is 4.22. The zero-order valence-electron chi connectivity index (χ0n) is 24.4. The van der Waals surface area contributed by atoms with Crippen LogP contribution in [0.25, 0.3) is 0 Å². The van der Waals surface area contributed by atoms with Crippen LogP contribution < -0.4 is 25.7 Å². The SMILES string of the molecule is CCCCCCOc1cc(COC(=O)c2cc(N)cc(N)c2)cc(OCCCCCC)c1OCCCCCC. The third-order valence-corrected chi connectivity index (χ3v) is 6.42. The van der Waals surface area contributed by atoms with Crippen LogP contribution in [-0.2, 0) is 11.3 Å². The van der Waals surface area contributed by atoms with Gasteiger partial charge in [-0.3, -0.25) is 0 Å². The number of nitrogen functional groups attached to an aromatic ring is 2. The molecule has 0 aliphatic rings. The molecular formula is C32H50N2O5. The Kier molecular flexibility index (Phi) is 15.7. The number of carbonyl (C=O) groups is 1. The van der Waals surface area contributed by atoms with Crippen molar-refractivity contribution in [3.63, 3.8) is 0 Å². The van der Waals surface area contributed by atoms with Gasteiger partial charge in [-0.05, 0) is 55.2 Å². The first-order chi connectivity index (χ1) is 19.0. The summed E-state index contributed by atoms with van der Waals surface area (Å²) < 4.78 is 24.3. The molecular weight excluding hydrogens is 492 g/mol. The Morgan fingerprint density at radius 2 is 1.08 bits per heavy atom. The molecule has 218 valence electrons. The van der Waals surface area contributed by atoms with Gasteiger partial charge in [0.05, 0.1) is 25.4 Å². The predicted molar refractivity (Wildman–Crippen MR) is 160 cm³/mol. The number of anilines is 2. The fraction of sp³-hybridized carbons (Fsp3) is 0.594. The van der Waals surface area contributed by atoms with Gasteiger partial charge in [-0.1, -0.05) is 78.6 Å². The maximum atomic E-state index is 12.7. The molecule has 0 unspecified atom stereocenters. The quantitative estimate of drug-likeness (QED) is 0.0932. The number of carbonyl (C=O) groups excluding carboxylic acids is 1. The Balaban J connectivity index is 2.23. The van der Waals surface area contributed by atoms with Crippen LogP contribution in [-0.4, -0.2) is 25.8 Å². The van der Waals surface area contributed by atoms with Crippen molar-refractivity contribution >= 4 is 17.3 Å². The maximum Gasteiger partial charge on any atom is 0.338 e. The Morgan fingerprint density at radius 1 is 0.615 bits per heavy atom. The van der Waals surface area contributed by atoms with E-state index < -0.39 is 5.97 Å². The molecule has 4 N–H and O–H groups in total. The summed E-state index contributed by atoms with van der Waals surface area (Å²) in [6, 6.07) is 8.51. The molecule has 0 saturated carbocycles. The molecule has 2 aromatic rings. The van der Waals surface area contributed by atoms with E-state index in [0.29, 0.717) is 54.0 Å².